The molecule has 2 rings (SSSR count). The van der Waals surface area contributed by atoms with Crippen LogP contribution in [0.15, 0.2) is 16.3 Å². The highest BCUT2D eigenvalue weighted by atomic mass is 32.2. The minimum Gasteiger partial charge on any atom is -0.319 e. The molecule has 1 N–H and O–H groups in total. The molecule has 0 spiro atoms. The summed E-state index contributed by atoms with van der Waals surface area (Å²) in [4.78, 5) is 1.12. The zero-order valence-corrected chi connectivity index (χ0v) is 14.1. The fraction of sp³-hybridized carbons (Fsp3) is 0.714. The summed E-state index contributed by atoms with van der Waals surface area (Å²) in [5.41, 5.74) is 0. The summed E-state index contributed by atoms with van der Waals surface area (Å²) < 4.78 is 27.8. The summed E-state index contributed by atoms with van der Waals surface area (Å²) in [6.07, 6.45) is 3.91. The van der Waals surface area contributed by atoms with Gasteiger partial charge in [-0.25, -0.2) is 8.42 Å². The van der Waals surface area contributed by atoms with Crippen molar-refractivity contribution in [1.29, 1.82) is 0 Å². The third-order valence-corrected chi connectivity index (χ3v) is 7.64. The van der Waals surface area contributed by atoms with E-state index in [0.29, 0.717) is 4.21 Å². The van der Waals surface area contributed by atoms with Crippen molar-refractivity contribution in [3.05, 3.63) is 17.0 Å². The predicted molar refractivity (Wildman–Crippen MR) is 83.7 cm³/mol. The maximum atomic E-state index is 12.8. The highest BCUT2D eigenvalue weighted by Crippen LogP contribution is 2.32. The molecule has 114 valence electrons. The predicted octanol–water partition coefficient (Wildman–Crippen LogP) is 2.46. The summed E-state index contributed by atoms with van der Waals surface area (Å²) in [6, 6.07) is 3.91. The fourth-order valence-electron chi connectivity index (χ4n) is 2.85. The minimum absolute atomic E-state index is 0.103. The molecule has 0 aromatic carbocycles. The molecule has 0 saturated carbocycles. The SMILES string of the molecule is CNCCc1ccc(S(=O)(=O)N2C(C)CCCC2C)s1. The maximum absolute atomic E-state index is 12.8. The van der Waals surface area contributed by atoms with Gasteiger partial charge in [0, 0.05) is 17.0 Å². The molecule has 1 aliphatic heterocycles. The van der Waals surface area contributed by atoms with E-state index in [-0.39, 0.29) is 12.1 Å². The zero-order valence-electron chi connectivity index (χ0n) is 12.4. The van der Waals surface area contributed by atoms with Gasteiger partial charge in [0.2, 0.25) is 0 Å². The van der Waals surface area contributed by atoms with Crippen molar-refractivity contribution in [3.8, 4) is 0 Å². The quantitative estimate of drug-likeness (QED) is 0.908. The van der Waals surface area contributed by atoms with Crippen LogP contribution in [-0.4, -0.2) is 38.4 Å². The van der Waals surface area contributed by atoms with Crippen molar-refractivity contribution < 1.29 is 8.42 Å². The molecule has 2 atom stereocenters. The average molecular weight is 316 g/mol. The van der Waals surface area contributed by atoms with Gasteiger partial charge in [-0.05, 0) is 58.8 Å². The first-order valence-electron chi connectivity index (χ1n) is 7.23. The van der Waals surface area contributed by atoms with Crippen molar-refractivity contribution in [1.82, 2.24) is 9.62 Å². The Balaban J connectivity index is 2.22. The summed E-state index contributed by atoms with van der Waals surface area (Å²) in [7, 11) is -1.43. The second-order valence-electron chi connectivity index (χ2n) is 5.54. The van der Waals surface area contributed by atoms with Crippen LogP contribution in [0, 0.1) is 0 Å². The molecule has 4 nitrogen and oxygen atoms in total. The van der Waals surface area contributed by atoms with Gasteiger partial charge >= 0.3 is 0 Å². The molecule has 0 bridgehead atoms. The summed E-state index contributed by atoms with van der Waals surface area (Å²) >= 11 is 1.41. The summed E-state index contributed by atoms with van der Waals surface area (Å²) in [6.45, 7) is 4.90. The lowest BCUT2D eigenvalue weighted by Crippen LogP contribution is -2.47. The van der Waals surface area contributed by atoms with E-state index in [2.05, 4.69) is 5.32 Å². The van der Waals surface area contributed by atoms with Crippen LogP contribution in [0.25, 0.3) is 0 Å². The van der Waals surface area contributed by atoms with Crippen molar-refractivity contribution in [2.75, 3.05) is 13.6 Å². The van der Waals surface area contributed by atoms with Crippen LogP contribution in [0.2, 0.25) is 0 Å². The monoisotopic (exact) mass is 316 g/mol. The second-order valence-corrected chi connectivity index (χ2v) is 8.78. The summed E-state index contributed by atoms with van der Waals surface area (Å²) in [5.74, 6) is 0. The maximum Gasteiger partial charge on any atom is 0.253 e. The van der Waals surface area contributed by atoms with E-state index in [0.717, 1.165) is 37.1 Å². The van der Waals surface area contributed by atoms with Crippen LogP contribution in [0.5, 0.6) is 0 Å². The zero-order chi connectivity index (χ0) is 14.8. The molecule has 20 heavy (non-hydrogen) atoms. The van der Waals surface area contributed by atoms with Gasteiger partial charge in [0.15, 0.2) is 0 Å². The smallest absolute Gasteiger partial charge is 0.253 e. The molecular weight excluding hydrogens is 292 g/mol. The Kier molecular flexibility index (Phi) is 5.23. The van der Waals surface area contributed by atoms with E-state index in [9.17, 15) is 8.42 Å². The molecule has 0 radical (unpaired) electrons. The largest absolute Gasteiger partial charge is 0.319 e. The molecule has 0 amide bonds. The second kappa shape index (κ2) is 6.56. The van der Waals surface area contributed by atoms with Gasteiger partial charge in [0.05, 0.1) is 0 Å². The van der Waals surface area contributed by atoms with Gasteiger partial charge in [-0.1, -0.05) is 6.42 Å². The van der Waals surface area contributed by atoms with E-state index in [1.54, 1.807) is 10.4 Å². The molecule has 1 aromatic heterocycles. The number of sulfonamides is 1. The van der Waals surface area contributed by atoms with Gasteiger partial charge in [0.25, 0.3) is 10.0 Å². The van der Waals surface area contributed by atoms with Gasteiger partial charge in [0.1, 0.15) is 4.21 Å². The van der Waals surface area contributed by atoms with Crippen LogP contribution < -0.4 is 5.32 Å². The fourth-order valence-corrected chi connectivity index (χ4v) is 6.20. The van der Waals surface area contributed by atoms with Crippen molar-refractivity contribution in [2.24, 2.45) is 0 Å². The minimum atomic E-state index is -3.33. The van der Waals surface area contributed by atoms with Gasteiger partial charge < -0.3 is 5.32 Å². The van der Waals surface area contributed by atoms with E-state index in [1.807, 2.05) is 27.0 Å². The van der Waals surface area contributed by atoms with Crippen LogP contribution in [0.1, 0.15) is 38.0 Å². The molecule has 6 heteroatoms. The van der Waals surface area contributed by atoms with Gasteiger partial charge in [-0.2, -0.15) is 4.31 Å². The number of rotatable bonds is 5. The third kappa shape index (κ3) is 3.24. The average Bonchev–Trinajstić information content (AvgIpc) is 2.85. The Hall–Kier alpha value is -0.430. The molecular formula is C14H24N2O2S2. The highest BCUT2D eigenvalue weighted by Gasteiger charge is 2.36. The van der Waals surface area contributed by atoms with Gasteiger partial charge in [-0.3, -0.25) is 0 Å². The number of nitrogens with one attached hydrogen (secondary N) is 1. The standard InChI is InChI=1S/C14H24N2O2S2/c1-11-5-4-6-12(2)16(11)20(17,18)14-8-7-13(19-14)9-10-15-3/h7-8,11-12,15H,4-6,9-10H2,1-3H3. The van der Waals surface area contributed by atoms with Crippen molar-refractivity contribution >= 4 is 21.4 Å². The van der Waals surface area contributed by atoms with Gasteiger partial charge in [-0.15, -0.1) is 11.3 Å². The molecule has 1 aromatic rings. The Morgan fingerprint density at radius 2 is 1.95 bits per heavy atom. The van der Waals surface area contributed by atoms with E-state index in [4.69, 9.17) is 0 Å². The number of hydrogen-bond acceptors (Lipinski definition) is 4. The van der Waals surface area contributed by atoms with Crippen molar-refractivity contribution in [2.45, 2.75) is 55.8 Å². The first-order valence-corrected chi connectivity index (χ1v) is 9.49. The Labute approximate surface area is 126 Å². The lowest BCUT2D eigenvalue weighted by molar-refractivity contribution is 0.204. The van der Waals surface area contributed by atoms with E-state index < -0.39 is 10.0 Å². The van der Waals surface area contributed by atoms with Crippen LogP contribution in [0.4, 0.5) is 0 Å². The van der Waals surface area contributed by atoms with E-state index in [1.165, 1.54) is 11.3 Å². The number of hydrogen-bond donors (Lipinski definition) is 1. The molecule has 1 saturated heterocycles. The molecule has 1 aliphatic rings. The molecule has 1 fully saturated rings. The first-order chi connectivity index (χ1) is 9.46. The van der Waals surface area contributed by atoms with Crippen LogP contribution >= 0.6 is 11.3 Å². The number of likely N-dealkylation sites (N-methyl/N-ethyl adjacent to an activating group) is 1. The number of nitrogens with zero attached hydrogens (tertiary/aromatic N) is 1. The molecule has 2 unspecified atom stereocenters. The Bertz CT molecular complexity index is 529. The lowest BCUT2D eigenvalue weighted by atomic mass is 10.0. The van der Waals surface area contributed by atoms with E-state index >= 15 is 0 Å². The first kappa shape index (κ1) is 15.9. The van der Waals surface area contributed by atoms with Crippen LogP contribution in [-0.2, 0) is 16.4 Å². The normalized spacial score (nSPS) is 24.9. The van der Waals surface area contributed by atoms with Crippen LogP contribution in [0.3, 0.4) is 0 Å². The Morgan fingerprint density at radius 3 is 2.55 bits per heavy atom. The topological polar surface area (TPSA) is 49.4 Å². The third-order valence-electron chi connectivity index (χ3n) is 3.90. The molecule has 2 heterocycles. The molecule has 0 aliphatic carbocycles. The number of piperidine rings is 1. The highest BCUT2D eigenvalue weighted by molar-refractivity contribution is 7.91. The lowest BCUT2D eigenvalue weighted by Gasteiger charge is -2.37. The Morgan fingerprint density at radius 1 is 1.30 bits per heavy atom. The summed E-state index contributed by atoms with van der Waals surface area (Å²) in [5, 5.41) is 3.09. The van der Waals surface area contributed by atoms with Crippen molar-refractivity contribution in [3.63, 3.8) is 0 Å². The number of thiophene rings is 1.